The zero-order valence-electron chi connectivity index (χ0n) is 71.6. The Bertz CT molecular complexity index is 8190. The van der Waals surface area contributed by atoms with Crippen molar-refractivity contribution >= 4 is 198 Å². The van der Waals surface area contributed by atoms with Crippen LogP contribution in [0.25, 0.3) is 170 Å². The molecule has 0 radical (unpaired) electrons. The number of fused-ring (bicyclic) bond motifs is 5. The Morgan fingerprint density at radius 2 is 0.443 bits per heavy atom. The number of carbonyl (C=O) groups excluding carboxylic acids is 1. The van der Waals surface area contributed by atoms with Gasteiger partial charge in [-0.25, -0.2) is 0 Å². The fraction of sp³-hybridized carbons (Fsp3) is 0.0204. The zero-order chi connectivity index (χ0) is 96.2. The standard InChI is InChI=1S/5C19H10BrN3O3S.C3H7NO/c5*20-12-4-1-3-11(9-12)14-7-6-13(26-14)10-16-18(24)23-19(27-16)21-17(22-23)15-5-2-8-25-15;1-4(2)3-5/h5*1-10H;3H,1-2H3/b5*16-10-;. The lowest BCUT2D eigenvalue weighted by atomic mass is 10.2. The highest BCUT2D eigenvalue weighted by Gasteiger charge is 2.22. The first-order chi connectivity index (χ1) is 68.1. The van der Waals surface area contributed by atoms with Gasteiger partial charge < -0.3 is 49.1 Å². The second kappa shape index (κ2) is 40.7. The van der Waals surface area contributed by atoms with Gasteiger partial charge in [-0.3, -0.25) is 28.8 Å². The summed E-state index contributed by atoms with van der Waals surface area (Å²) in [6.45, 7) is 0. The number of halogens is 5. The quantitative estimate of drug-likeness (QED) is 0.0811. The average Bonchev–Trinajstić information content (AvgIpc) is 1.64. The molecule has 25 rings (SSSR count). The Labute approximate surface area is 845 Å². The predicted molar refractivity (Wildman–Crippen MR) is 547 cm³/mol. The van der Waals surface area contributed by atoms with E-state index in [1.807, 2.05) is 182 Å². The van der Waals surface area contributed by atoms with Gasteiger partial charge in [0.05, 0.1) is 31.3 Å². The van der Waals surface area contributed by atoms with E-state index in [0.717, 1.165) is 85.4 Å². The smallest absolute Gasteiger partial charge is 0.291 e. The summed E-state index contributed by atoms with van der Waals surface area (Å²) in [5.74, 6) is 11.2. The summed E-state index contributed by atoms with van der Waals surface area (Å²) in [6, 6.07) is 75.2. The highest BCUT2D eigenvalue weighted by molar-refractivity contribution is 9.11. The lowest BCUT2D eigenvalue weighted by Crippen LogP contribution is -2.23. The number of thiazole rings is 5. The SMILES string of the molecule is CN(C)C=O.O=c1/c(=C/c2ccc(-c3cccc(Br)c3)o2)sc2nc(-c3ccco3)nn12.O=c1/c(=C/c2ccc(-c3cccc(Br)c3)o2)sc2nc(-c3ccco3)nn12.O=c1/c(=C/c2ccc(-c3cccc(Br)c3)o2)sc2nc(-c3ccco3)nn12.O=c1/c(=C/c2ccc(-c3cccc(Br)c3)o2)sc2nc(-c3ccco3)nn12.O=c1/c(=C/c2ccc(-c3cccc(Br)c3)o2)sc2nc(-c3ccco3)nn12. The molecule has 0 N–H and O–H groups in total. The zero-order valence-corrected chi connectivity index (χ0v) is 83.6. The highest BCUT2D eigenvalue weighted by Crippen LogP contribution is 2.33. The number of hydrogen-bond acceptors (Lipinski definition) is 31. The van der Waals surface area contributed by atoms with Gasteiger partial charge in [0.1, 0.15) is 80.3 Å². The topological polar surface area (TPSA) is 388 Å². The van der Waals surface area contributed by atoms with E-state index in [9.17, 15) is 28.8 Å². The van der Waals surface area contributed by atoms with E-state index in [2.05, 4.69) is 130 Å². The minimum absolute atomic E-state index is 0.235. The molecule has 0 bridgehead atoms. The summed E-state index contributed by atoms with van der Waals surface area (Å²) >= 11 is 23.5. The van der Waals surface area contributed by atoms with Crippen molar-refractivity contribution in [3.63, 3.8) is 0 Å². The molecule has 20 aromatic heterocycles. The molecule has 0 saturated carbocycles. The molecule has 32 nitrogen and oxygen atoms in total. The van der Waals surface area contributed by atoms with Crippen LogP contribution in [0.2, 0.25) is 0 Å². The number of aromatic nitrogens is 15. The molecule has 5 aromatic carbocycles. The summed E-state index contributed by atoms with van der Waals surface area (Å²) in [5, 5.41) is 21.2. The predicted octanol–water partition coefficient (Wildman–Crippen LogP) is 19.6. The second-order valence-electron chi connectivity index (χ2n) is 29.7. The minimum Gasteiger partial charge on any atom is -0.461 e. The van der Waals surface area contributed by atoms with Gasteiger partial charge in [0.15, 0.2) is 28.8 Å². The van der Waals surface area contributed by atoms with E-state index in [4.69, 9.17) is 44.2 Å². The van der Waals surface area contributed by atoms with Crippen LogP contribution in [0.5, 0.6) is 0 Å². The van der Waals surface area contributed by atoms with Crippen LogP contribution in [0.3, 0.4) is 0 Å². The Morgan fingerprint density at radius 1 is 0.257 bits per heavy atom. The number of hydrogen-bond donors (Lipinski definition) is 0. The number of nitrogens with zero attached hydrogens (tertiary/aromatic N) is 16. The van der Waals surface area contributed by atoms with Gasteiger partial charge >= 0.3 is 0 Å². The molecular weight excluding hydrogens is 2220 g/mol. The Hall–Kier alpha value is -15.4. The molecule has 0 fully saturated rings. The summed E-state index contributed by atoms with van der Waals surface area (Å²) in [7, 11) is 3.38. The van der Waals surface area contributed by atoms with E-state index < -0.39 is 0 Å². The van der Waals surface area contributed by atoms with Crippen molar-refractivity contribution in [2.24, 2.45) is 0 Å². The van der Waals surface area contributed by atoms with Crippen LogP contribution in [0.4, 0.5) is 0 Å². The molecule has 1 amide bonds. The first-order valence-corrected chi connectivity index (χ1v) is 49.3. The second-order valence-corrected chi connectivity index (χ2v) is 39.4. The van der Waals surface area contributed by atoms with Crippen LogP contribution in [0, 0.1) is 0 Å². The molecule has 140 heavy (non-hydrogen) atoms. The molecule has 42 heteroatoms. The summed E-state index contributed by atoms with van der Waals surface area (Å²) in [6.07, 6.45) is 17.0. The van der Waals surface area contributed by atoms with Gasteiger partial charge in [-0.15, -0.1) is 25.5 Å². The lowest BCUT2D eigenvalue weighted by Gasteiger charge is -1.96. The minimum atomic E-state index is -0.235. The number of rotatable bonds is 16. The van der Waals surface area contributed by atoms with Crippen molar-refractivity contribution in [1.82, 2.24) is 77.9 Å². The lowest BCUT2D eigenvalue weighted by molar-refractivity contribution is -0.115. The van der Waals surface area contributed by atoms with Gasteiger partial charge in [0.25, 0.3) is 27.8 Å². The molecule has 0 unspecified atom stereocenters. The van der Waals surface area contributed by atoms with Crippen molar-refractivity contribution in [2.75, 3.05) is 14.1 Å². The Kier molecular flexibility index (Phi) is 26.9. The number of carbonyl (C=O) groups is 1. The molecule has 20 heterocycles. The van der Waals surface area contributed by atoms with Crippen molar-refractivity contribution in [3.8, 4) is 115 Å². The van der Waals surface area contributed by atoms with E-state index in [1.165, 1.54) is 84.2 Å². The molecule has 0 spiro atoms. The Morgan fingerprint density at radius 3 is 0.593 bits per heavy atom. The third-order valence-electron chi connectivity index (χ3n) is 19.9. The van der Waals surface area contributed by atoms with Crippen LogP contribution in [0.15, 0.2) is 364 Å². The van der Waals surface area contributed by atoms with Gasteiger partial charge in [0, 0.05) is 94.7 Å². The third kappa shape index (κ3) is 20.6. The van der Waals surface area contributed by atoms with Crippen LogP contribution in [0.1, 0.15) is 28.8 Å². The van der Waals surface area contributed by atoms with Crippen molar-refractivity contribution < 1.29 is 49.0 Å². The first kappa shape index (κ1) is 92.3. The van der Waals surface area contributed by atoms with Crippen LogP contribution in [-0.4, -0.2) is 98.4 Å². The molecule has 0 saturated heterocycles. The van der Waals surface area contributed by atoms with Crippen LogP contribution in [-0.2, 0) is 4.79 Å². The fourth-order valence-electron chi connectivity index (χ4n) is 13.5. The van der Waals surface area contributed by atoms with Crippen molar-refractivity contribution in [3.05, 3.63) is 400 Å². The molecule has 0 aliphatic carbocycles. The molecule has 690 valence electrons. The number of furan rings is 10. The largest absolute Gasteiger partial charge is 0.461 e. The fourth-order valence-corrected chi connectivity index (χ4v) is 19.9. The molecule has 0 aliphatic rings. The van der Waals surface area contributed by atoms with Gasteiger partial charge in [-0.2, -0.15) is 47.5 Å². The molecule has 0 aliphatic heterocycles. The van der Waals surface area contributed by atoms with E-state index in [0.29, 0.717) is 134 Å². The van der Waals surface area contributed by atoms with E-state index in [1.54, 1.807) is 136 Å². The van der Waals surface area contributed by atoms with Gasteiger partial charge in [-0.1, -0.05) is 197 Å². The normalized spacial score (nSPS) is 12.1. The van der Waals surface area contributed by atoms with Gasteiger partial charge in [0.2, 0.25) is 60.3 Å². The van der Waals surface area contributed by atoms with Crippen molar-refractivity contribution in [2.45, 2.75) is 0 Å². The maximum atomic E-state index is 12.6. The highest BCUT2D eigenvalue weighted by atomic mass is 79.9. The summed E-state index contributed by atoms with van der Waals surface area (Å²) < 4.78 is 69.5. The average molecular weight is 2270 g/mol. The Balaban J connectivity index is 0.000000106. The van der Waals surface area contributed by atoms with Gasteiger partial charge in [-0.05, 0) is 182 Å². The van der Waals surface area contributed by atoms with Crippen LogP contribution >= 0.6 is 136 Å². The molecule has 0 atom stereocenters. The van der Waals surface area contributed by atoms with E-state index >= 15 is 0 Å². The maximum absolute atomic E-state index is 12.6. The van der Waals surface area contributed by atoms with Crippen molar-refractivity contribution in [1.29, 1.82) is 0 Å². The summed E-state index contributed by atoms with van der Waals surface area (Å²) in [4.78, 5) is 98.2. The molecular formula is C98H57Br5N16O16S5. The number of amides is 1. The summed E-state index contributed by atoms with van der Waals surface area (Å²) in [5.41, 5.74) is 3.60. The van der Waals surface area contributed by atoms with E-state index in [-0.39, 0.29) is 27.8 Å². The monoisotopic (exact) mass is 2270 g/mol. The third-order valence-corrected chi connectivity index (χ3v) is 27.1. The van der Waals surface area contributed by atoms with Crippen LogP contribution < -0.4 is 50.5 Å². The maximum Gasteiger partial charge on any atom is 0.291 e. The first-order valence-electron chi connectivity index (χ1n) is 41.3. The number of benzene rings is 5. The molecule has 25 aromatic rings.